The molecule has 26 heavy (non-hydrogen) atoms. The molecule has 1 aromatic rings. The fourth-order valence-electron chi connectivity index (χ4n) is 3.22. The molecule has 1 fully saturated rings. The summed E-state index contributed by atoms with van der Waals surface area (Å²) in [5.41, 5.74) is 1.25. The highest BCUT2D eigenvalue weighted by Gasteiger charge is 2.23. The number of hydrogen-bond donors (Lipinski definition) is 2. The van der Waals surface area contributed by atoms with Gasteiger partial charge in [0.05, 0.1) is 7.11 Å². The third-order valence-electron chi connectivity index (χ3n) is 4.74. The fraction of sp³-hybridized carbons (Fsp3) is 0.650. The van der Waals surface area contributed by atoms with E-state index in [1.807, 2.05) is 13.1 Å². The smallest absolute Gasteiger partial charge is 0.190 e. The number of benzene rings is 1. The average Bonchev–Trinajstić information content (AvgIpc) is 3.10. The van der Waals surface area contributed by atoms with E-state index in [9.17, 15) is 0 Å². The van der Waals surface area contributed by atoms with E-state index in [4.69, 9.17) is 4.74 Å². The molecular formula is C20H35IN4O. The quantitative estimate of drug-likeness (QED) is 0.261. The van der Waals surface area contributed by atoms with E-state index in [2.05, 4.69) is 52.6 Å². The lowest BCUT2D eigenvalue weighted by Gasteiger charge is -2.20. The van der Waals surface area contributed by atoms with Crippen molar-refractivity contribution in [2.45, 2.75) is 33.1 Å². The zero-order valence-corrected chi connectivity index (χ0v) is 19.0. The van der Waals surface area contributed by atoms with Crippen LogP contribution < -0.4 is 20.3 Å². The SMILES string of the molecule is CN=C(NCCCC(C)C)NCC1CCN(c2cccc(OC)c2)C1.I. The van der Waals surface area contributed by atoms with Gasteiger partial charge in [0.25, 0.3) is 0 Å². The van der Waals surface area contributed by atoms with Crippen molar-refractivity contribution in [3.05, 3.63) is 24.3 Å². The topological polar surface area (TPSA) is 48.9 Å². The second-order valence-electron chi connectivity index (χ2n) is 7.22. The molecule has 0 bridgehead atoms. The normalized spacial score (nSPS) is 17.2. The molecule has 0 spiro atoms. The summed E-state index contributed by atoms with van der Waals surface area (Å²) in [6, 6.07) is 8.33. The van der Waals surface area contributed by atoms with Gasteiger partial charge >= 0.3 is 0 Å². The lowest BCUT2D eigenvalue weighted by atomic mass is 10.1. The second-order valence-corrected chi connectivity index (χ2v) is 7.22. The molecule has 1 heterocycles. The molecule has 5 nitrogen and oxygen atoms in total. The van der Waals surface area contributed by atoms with Gasteiger partial charge in [-0.25, -0.2) is 0 Å². The van der Waals surface area contributed by atoms with Crippen molar-refractivity contribution in [3.63, 3.8) is 0 Å². The number of nitrogens with one attached hydrogen (secondary N) is 2. The van der Waals surface area contributed by atoms with Crippen LogP contribution in [0, 0.1) is 11.8 Å². The molecule has 2 rings (SSSR count). The fourth-order valence-corrected chi connectivity index (χ4v) is 3.22. The molecule has 1 aromatic carbocycles. The highest BCUT2D eigenvalue weighted by molar-refractivity contribution is 14.0. The summed E-state index contributed by atoms with van der Waals surface area (Å²) in [6.45, 7) is 8.65. The first-order valence-electron chi connectivity index (χ1n) is 9.46. The first kappa shape index (κ1) is 22.9. The number of guanidine groups is 1. The maximum atomic E-state index is 5.33. The largest absolute Gasteiger partial charge is 0.497 e. The van der Waals surface area contributed by atoms with E-state index in [0.717, 1.165) is 43.8 Å². The van der Waals surface area contributed by atoms with Crippen LogP contribution in [-0.4, -0.2) is 46.3 Å². The highest BCUT2D eigenvalue weighted by atomic mass is 127. The summed E-state index contributed by atoms with van der Waals surface area (Å²) < 4.78 is 5.33. The van der Waals surface area contributed by atoms with Crippen molar-refractivity contribution in [2.24, 2.45) is 16.8 Å². The van der Waals surface area contributed by atoms with Crippen molar-refractivity contribution in [2.75, 3.05) is 45.2 Å². The molecule has 0 aliphatic carbocycles. The van der Waals surface area contributed by atoms with Crippen molar-refractivity contribution in [1.82, 2.24) is 10.6 Å². The van der Waals surface area contributed by atoms with E-state index < -0.39 is 0 Å². The van der Waals surface area contributed by atoms with Gasteiger partial charge in [0, 0.05) is 45.0 Å². The van der Waals surface area contributed by atoms with Gasteiger partial charge in [0.15, 0.2) is 5.96 Å². The van der Waals surface area contributed by atoms with Gasteiger partial charge in [-0.05, 0) is 43.2 Å². The number of aliphatic imine (C=N–C) groups is 1. The Morgan fingerprint density at radius 2 is 2.15 bits per heavy atom. The summed E-state index contributed by atoms with van der Waals surface area (Å²) in [6.07, 6.45) is 3.64. The molecule has 1 unspecified atom stereocenters. The maximum Gasteiger partial charge on any atom is 0.190 e. The average molecular weight is 474 g/mol. The van der Waals surface area contributed by atoms with Crippen molar-refractivity contribution in [3.8, 4) is 5.75 Å². The van der Waals surface area contributed by atoms with Gasteiger partial charge in [-0.15, -0.1) is 24.0 Å². The molecule has 1 atom stereocenters. The van der Waals surface area contributed by atoms with Crippen LogP contribution in [0.4, 0.5) is 5.69 Å². The Labute approximate surface area is 176 Å². The summed E-state index contributed by atoms with van der Waals surface area (Å²) in [7, 11) is 3.56. The summed E-state index contributed by atoms with van der Waals surface area (Å²) in [5.74, 6) is 3.24. The van der Waals surface area contributed by atoms with Crippen LogP contribution in [0.2, 0.25) is 0 Å². The van der Waals surface area contributed by atoms with Gasteiger partial charge in [0.2, 0.25) is 0 Å². The third kappa shape index (κ3) is 7.60. The minimum Gasteiger partial charge on any atom is -0.497 e. The van der Waals surface area contributed by atoms with Crippen LogP contribution in [0.1, 0.15) is 33.1 Å². The first-order valence-corrected chi connectivity index (χ1v) is 9.46. The van der Waals surface area contributed by atoms with Gasteiger partial charge in [-0.1, -0.05) is 19.9 Å². The Hall–Kier alpha value is -1.18. The van der Waals surface area contributed by atoms with E-state index in [1.165, 1.54) is 24.9 Å². The predicted molar refractivity (Wildman–Crippen MR) is 122 cm³/mol. The Morgan fingerprint density at radius 1 is 1.35 bits per heavy atom. The van der Waals surface area contributed by atoms with Crippen LogP contribution in [0.15, 0.2) is 29.3 Å². The summed E-state index contributed by atoms with van der Waals surface area (Å²) in [5, 5.41) is 6.90. The van der Waals surface area contributed by atoms with Gasteiger partial charge in [0.1, 0.15) is 5.75 Å². The molecule has 2 N–H and O–H groups in total. The lowest BCUT2D eigenvalue weighted by molar-refractivity contribution is 0.415. The molecule has 0 saturated carbocycles. The molecule has 0 radical (unpaired) electrons. The molecule has 0 aromatic heterocycles. The molecule has 1 aliphatic heterocycles. The predicted octanol–water partition coefficient (Wildman–Crippen LogP) is 3.74. The molecule has 1 aliphatic rings. The Bertz CT molecular complexity index is 550. The highest BCUT2D eigenvalue weighted by Crippen LogP contribution is 2.26. The molecular weight excluding hydrogens is 439 g/mol. The van der Waals surface area contributed by atoms with Crippen molar-refractivity contribution in [1.29, 1.82) is 0 Å². The summed E-state index contributed by atoms with van der Waals surface area (Å²) in [4.78, 5) is 6.77. The monoisotopic (exact) mass is 474 g/mol. The third-order valence-corrected chi connectivity index (χ3v) is 4.74. The van der Waals surface area contributed by atoms with E-state index in [0.29, 0.717) is 5.92 Å². The van der Waals surface area contributed by atoms with Crippen LogP contribution in [-0.2, 0) is 0 Å². The minimum absolute atomic E-state index is 0. The zero-order chi connectivity index (χ0) is 18.1. The second kappa shape index (κ2) is 12.3. The van der Waals surface area contributed by atoms with Gasteiger partial charge in [-0.2, -0.15) is 0 Å². The molecule has 6 heteroatoms. The van der Waals surface area contributed by atoms with E-state index in [-0.39, 0.29) is 24.0 Å². The zero-order valence-electron chi connectivity index (χ0n) is 16.6. The van der Waals surface area contributed by atoms with Crippen LogP contribution in [0.5, 0.6) is 5.75 Å². The molecule has 148 valence electrons. The van der Waals surface area contributed by atoms with E-state index >= 15 is 0 Å². The number of halogens is 1. The number of nitrogens with zero attached hydrogens (tertiary/aromatic N) is 2. The Morgan fingerprint density at radius 3 is 2.85 bits per heavy atom. The number of rotatable bonds is 8. The molecule has 0 amide bonds. The molecule has 1 saturated heterocycles. The standard InChI is InChI=1S/C20H34N4O.HI/c1-16(2)7-6-11-22-20(21-3)23-14-17-10-12-24(15-17)18-8-5-9-19(13-18)25-4;/h5,8-9,13,16-17H,6-7,10-12,14-15H2,1-4H3,(H2,21,22,23);1H. The van der Waals surface area contributed by atoms with Crippen LogP contribution >= 0.6 is 24.0 Å². The lowest BCUT2D eigenvalue weighted by Crippen LogP contribution is -2.40. The number of methoxy groups -OCH3 is 1. The van der Waals surface area contributed by atoms with Crippen molar-refractivity contribution < 1.29 is 4.74 Å². The summed E-state index contributed by atoms with van der Waals surface area (Å²) >= 11 is 0. The number of anilines is 1. The van der Waals surface area contributed by atoms with Gasteiger partial charge in [-0.3, -0.25) is 4.99 Å². The number of hydrogen-bond acceptors (Lipinski definition) is 3. The minimum atomic E-state index is 0. The van der Waals surface area contributed by atoms with Gasteiger partial charge < -0.3 is 20.3 Å². The Balaban J connectivity index is 0.00000338. The van der Waals surface area contributed by atoms with Crippen LogP contribution in [0.25, 0.3) is 0 Å². The Kier molecular flexibility index (Phi) is 10.8. The first-order chi connectivity index (χ1) is 12.1. The van der Waals surface area contributed by atoms with Crippen LogP contribution in [0.3, 0.4) is 0 Å². The number of ether oxygens (including phenoxy) is 1. The maximum absolute atomic E-state index is 5.33. The van der Waals surface area contributed by atoms with E-state index in [1.54, 1.807) is 7.11 Å². The van der Waals surface area contributed by atoms with Crippen molar-refractivity contribution >= 4 is 35.6 Å².